The molecular weight excluding hydrogens is 570 g/mol. The third kappa shape index (κ3) is 8.51. The summed E-state index contributed by atoms with van der Waals surface area (Å²) in [5, 5.41) is 0.567. The van der Waals surface area contributed by atoms with Crippen molar-refractivity contribution >= 4 is 34.6 Å². The highest BCUT2D eigenvalue weighted by Crippen LogP contribution is 2.35. The number of nitrogens with zero attached hydrogens (tertiary/aromatic N) is 4. The lowest BCUT2D eigenvalue weighted by molar-refractivity contribution is -0.129. The van der Waals surface area contributed by atoms with Crippen LogP contribution in [0.25, 0.3) is 22.2 Å². The Morgan fingerprint density at radius 3 is 2.49 bits per heavy atom. The number of nitrogen functional groups attached to an aromatic ring is 1. The lowest BCUT2D eigenvalue weighted by Crippen LogP contribution is -2.46. The van der Waals surface area contributed by atoms with Crippen molar-refractivity contribution in [3.8, 4) is 11.1 Å². The molecule has 1 saturated carbocycles. The van der Waals surface area contributed by atoms with Crippen LogP contribution in [0.4, 0.5) is 38.0 Å². The fraction of sp³-hybridized carbons (Fsp3) is 0.519. The molecule has 3 aromatic rings. The first-order valence-corrected chi connectivity index (χ1v) is 14.1. The van der Waals surface area contributed by atoms with Gasteiger partial charge in [-0.2, -0.15) is 18.2 Å². The predicted molar refractivity (Wildman–Crippen MR) is 152 cm³/mol. The number of pyridine rings is 1. The summed E-state index contributed by atoms with van der Waals surface area (Å²) in [6.07, 6.45) is -1.44. The first-order valence-electron chi connectivity index (χ1n) is 13.1. The van der Waals surface area contributed by atoms with Crippen molar-refractivity contribution < 1.29 is 26.3 Å². The maximum atomic E-state index is 14.5. The van der Waals surface area contributed by atoms with E-state index >= 15 is 0 Å². The monoisotopic (exact) mass is 604 g/mol. The fourth-order valence-electron chi connectivity index (χ4n) is 4.59. The Labute approximate surface area is 238 Å². The Balaban J connectivity index is 0.000000352. The number of rotatable bonds is 7. The third-order valence-electron chi connectivity index (χ3n) is 6.61. The minimum atomic E-state index is -4.27. The molecule has 1 atom stereocenters. The highest BCUT2D eigenvalue weighted by Gasteiger charge is 2.42. The number of hydrogen-bond acceptors (Lipinski definition) is 7. The number of benzene rings is 1. The number of nitrogens with one attached hydrogen (secondary N) is 1. The molecule has 4 rings (SSSR count). The number of nitrogens with two attached hydrogens (primary N) is 1. The minimum absolute atomic E-state index is 0.0343. The molecule has 1 aromatic carbocycles. The number of fused-ring (bicyclic) bond motifs is 1. The van der Waals surface area contributed by atoms with Crippen molar-refractivity contribution in [2.45, 2.75) is 70.1 Å². The standard InChI is InChI=1S/C19H19F4N5OS.C8H15F2N/c1-10(2)28-16-12(9-25-18(24)26-16)7-13(17(28)29)11-3-4-15(14(20)8-11)27-30-6-5-19(21,22)23;1-11(2)7-5-3-4-6-8(7,9)10/h3-4,7-10,27H,5-6H2,1-2H3,(H2,24,25,26);7H,3-6H2,1-2H3. The van der Waals surface area contributed by atoms with Gasteiger partial charge < -0.3 is 15.4 Å². The van der Waals surface area contributed by atoms with Crippen molar-refractivity contribution in [2.24, 2.45) is 0 Å². The lowest BCUT2D eigenvalue weighted by Gasteiger charge is -2.35. The van der Waals surface area contributed by atoms with E-state index in [1.165, 1.54) is 22.9 Å². The second-order valence-electron chi connectivity index (χ2n) is 10.3. The van der Waals surface area contributed by atoms with Gasteiger partial charge in [0.05, 0.1) is 18.2 Å². The molecule has 226 valence electrons. The summed E-state index contributed by atoms with van der Waals surface area (Å²) in [6.45, 7) is 3.63. The summed E-state index contributed by atoms with van der Waals surface area (Å²) >= 11 is 0.758. The van der Waals surface area contributed by atoms with Gasteiger partial charge in [-0.15, -0.1) is 0 Å². The molecule has 1 unspecified atom stereocenters. The van der Waals surface area contributed by atoms with Gasteiger partial charge >= 0.3 is 6.18 Å². The zero-order valence-corrected chi connectivity index (χ0v) is 24.1. The van der Waals surface area contributed by atoms with Crippen LogP contribution >= 0.6 is 11.9 Å². The summed E-state index contributed by atoms with van der Waals surface area (Å²) < 4.78 is 81.3. The number of hydrogen-bond donors (Lipinski definition) is 2. The summed E-state index contributed by atoms with van der Waals surface area (Å²) in [5.74, 6) is -3.36. The van der Waals surface area contributed by atoms with Crippen LogP contribution < -0.4 is 16.0 Å². The van der Waals surface area contributed by atoms with Crippen LogP contribution in [0.5, 0.6) is 0 Å². The van der Waals surface area contributed by atoms with Gasteiger partial charge in [0, 0.05) is 35.4 Å². The SMILES string of the molecule is CC(C)n1c(=O)c(-c2ccc(NSCCC(F)(F)F)c(F)c2)cc2cnc(N)nc21.CN(C)C1CCCCC1(F)F. The van der Waals surface area contributed by atoms with Crippen molar-refractivity contribution in [1.82, 2.24) is 19.4 Å². The van der Waals surface area contributed by atoms with Crippen LogP contribution in [0.2, 0.25) is 0 Å². The van der Waals surface area contributed by atoms with Gasteiger partial charge in [-0.25, -0.2) is 18.2 Å². The maximum absolute atomic E-state index is 14.5. The van der Waals surface area contributed by atoms with Crippen LogP contribution in [0, 0.1) is 5.82 Å². The Morgan fingerprint density at radius 1 is 1.22 bits per heavy atom. The van der Waals surface area contributed by atoms with E-state index in [4.69, 9.17) is 5.73 Å². The molecule has 1 fully saturated rings. The first kappa shape index (κ1) is 32.5. The number of halogens is 6. The van der Waals surface area contributed by atoms with Crippen molar-refractivity contribution in [3.05, 3.63) is 46.6 Å². The van der Waals surface area contributed by atoms with Crippen LogP contribution in [-0.4, -0.2) is 57.4 Å². The molecule has 1 aliphatic carbocycles. The average Bonchev–Trinajstić information content (AvgIpc) is 2.86. The quantitative estimate of drug-likeness (QED) is 0.172. The van der Waals surface area contributed by atoms with Gasteiger partial charge in [-0.05, 0) is 64.5 Å². The fourth-order valence-corrected chi connectivity index (χ4v) is 5.35. The predicted octanol–water partition coefficient (Wildman–Crippen LogP) is 6.90. The van der Waals surface area contributed by atoms with Gasteiger partial charge in [0.15, 0.2) is 0 Å². The molecule has 0 bridgehead atoms. The number of anilines is 2. The largest absolute Gasteiger partial charge is 0.389 e. The smallest absolute Gasteiger partial charge is 0.368 e. The highest BCUT2D eigenvalue weighted by atomic mass is 32.2. The number of alkyl halides is 5. The molecule has 0 saturated heterocycles. The zero-order chi connectivity index (χ0) is 30.5. The molecule has 41 heavy (non-hydrogen) atoms. The average molecular weight is 605 g/mol. The van der Waals surface area contributed by atoms with Gasteiger partial charge in [-0.3, -0.25) is 9.36 Å². The molecule has 0 amide bonds. The molecule has 14 heteroatoms. The second kappa shape index (κ2) is 13.3. The molecule has 1 aliphatic rings. The lowest BCUT2D eigenvalue weighted by atomic mass is 9.91. The topological polar surface area (TPSA) is 89.1 Å². The Hall–Kier alpha value is -3.00. The molecule has 3 N–H and O–H groups in total. The summed E-state index contributed by atoms with van der Waals surface area (Å²) in [6, 6.07) is 4.88. The van der Waals surface area contributed by atoms with Crippen molar-refractivity contribution in [1.29, 1.82) is 0 Å². The van der Waals surface area contributed by atoms with Crippen molar-refractivity contribution in [2.75, 3.05) is 30.3 Å². The van der Waals surface area contributed by atoms with E-state index in [1.54, 1.807) is 25.1 Å². The Morgan fingerprint density at radius 2 is 1.93 bits per heavy atom. The van der Waals surface area contributed by atoms with E-state index in [0.717, 1.165) is 24.4 Å². The molecule has 2 aromatic heterocycles. The van der Waals surface area contributed by atoms with E-state index < -0.39 is 30.4 Å². The Kier molecular flexibility index (Phi) is 10.6. The zero-order valence-electron chi connectivity index (χ0n) is 23.2. The van der Waals surface area contributed by atoms with Gasteiger partial charge in [0.25, 0.3) is 11.5 Å². The van der Waals surface area contributed by atoms with E-state index in [-0.39, 0.29) is 41.0 Å². The van der Waals surface area contributed by atoms with E-state index in [9.17, 15) is 31.1 Å². The normalized spacial score (nSPS) is 17.0. The van der Waals surface area contributed by atoms with Gasteiger partial charge in [0.1, 0.15) is 11.5 Å². The first-order chi connectivity index (χ1) is 19.1. The van der Waals surface area contributed by atoms with Crippen molar-refractivity contribution in [3.63, 3.8) is 0 Å². The second-order valence-corrected chi connectivity index (χ2v) is 11.2. The third-order valence-corrected chi connectivity index (χ3v) is 7.38. The van der Waals surface area contributed by atoms with Gasteiger partial charge in [-0.1, -0.05) is 24.4 Å². The van der Waals surface area contributed by atoms with Crippen LogP contribution in [-0.2, 0) is 0 Å². The molecule has 7 nitrogen and oxygen atoms in total. The summed E-state index contributed by atoms with van der Waals surface area (Å²) in [4.78, 5) is 22.8. The van der Waals surface area contributed by atoms with E-state index in [0.29, 0.717) is 29.4 Å². The van der Waals surface area contributed by atoms with Gasteiger partial charge in [0.2, 0.25) is 5.95 Å². The minimum Gasteiger partial charge on any atom is -0.368 e. The number of aromatic nitrogens is 3. The summed E-state index contributed by atoms with van der Waals surface area (Å²) in [5.41, 5.74) is 6.27. The maximum Gasteiger partial charge on any atom is 0.389 e. The molecular formula is C27H34F6N6OS. The van der Waals surface area contributed by atoms with Crippen LogP contribution in [0.1, 0.15) is 52.0 Å². The van der Waals surface area contributed by atoms with E-state index in [2.05, 4.69) is 14.7 Å². The van der Waals surface area contributed by atoms with E-state index in [1.807, 2.05) is 13.8 Å². The molecule has 0 spiro atoms. The molecule has 0 radical (unpaired) electrons. The highest BCUT2D eigenvalue weighted by molar-refractivity contribution is 8.00. The molecule has 2 heterocycles. The van der Waals surface area contributed by atoms with Crippen LogP contribution in [0.3, 0.4) is 0 Å². The summed E-state index contributed by atoms with van der Waals surface area (Å²) in [7, 11) is 3.45. The molecule has 0 aliphatic heterocycles. The van der Waals surface area contributed by atoms with Crippen LogP contribution in [0.15, 0.2) is 35.3 Å². The Bertz CT molecular complexity index is 1400.